The zero-order valence-corrected chi connectivity index (χ0v) is 13.7. The minimum atomic E-state index is -0.568. The van der Waals surface area contributed by atoms with Crippen molar-refractivity contribution in [2.24, 2.45) is 0 Å². The highest BCUT2D eigenvalue weighted by molar-refractivity contribution is 7.99. The van der Waals surface area contributed by atoms with Crippen LogP contribution in [0.4, 0.5) is 0 Å². The van der Waals surface area contributed by atoms with Gasteiger partial charge in [-0.15, -0.1) is 11.8 Å². The van der Waals surface area contributed by atoms with Crippen LogP contribution in [0.15, 0.2) is 23.6 Å². The molecule has 2 rings (SSSR count). The van der Waals surface area contributed by atoms with Gasteiger partial charge in [-0.3, -0.25) is 15.1 Å². The van der Waals surface area contributed by atoms with E-state index < -0.39 is 5.54 Å². The number of nitrogens with zero attached hydrogens (tertiary/aromatic N) is 2. The van der Waals surface area contributed by atoms with E-state index in [4.69, 9.17) is 4.74 Å². The van der Waals surface area contributed by atoms with Crippen LogP contribution in [-0.2, 0) is 9.53 Å². The Morgan fingerprint density at radius 1 is 1.52 bits per heavy atom. The second-order valence-electron chi connectivity index (χ2n) is 5.75. The lowest BCUT2D eigenvalue weighted by Crippen LogP contribution is -2.58. The molecule has 0 radical (unpaired) electrons. The summed E-state index contributed by atoms with van der Waals surface area (Å²) in [5.41, 5.74) is -0.568. The molecule has 0 amide bonds. The number of esters is 1. The van der Waals surface area contributed by atoms with Crippen molar-refractivity contribution in [1.82, 2.24) is 15.3 Å². The molecule has 1 N–H and O–H groups in total. The standard InChI is InChI=1S/C15H23N3O2S/c1-11(2)18-15(14(19)20-3)6-4-5-12(9-15)21-13-10-16-7-8-17-13/h7-8,10-12,18H,4-6,9H2,1-3H3. The first-order valence-corrected chi connectivity index (χ1v) is 8.22. The van der Waals surface area contributed by atoms with E-state index in [1.807, 2.05) is 0 Å². The van der Waals surface area contributed by atoms with E-state index in [2.05, 4.69) is 29.1 Å². The molecule has 2 atom stereocenters. The zero-order chi connectivity index (χ0) is 15.3. The number of rotatable bonds is 5. The SMILES string of the molecule is COC(=O)C1(NC(C)C)CCCC(Sc2cnccn2)C1. The molecule has 0 aromatic carbocycles. The summed E-state index contributed by atoms with van der Waals surface area (Å²) < 4.78 is 5.05. The van der Waals surface area contributed by atoms with E-state index in [1.54, 1.807) is 30.4 Å². The minimum Gasteiger partial charge on any atom is -0.468 e. The first-order valence-electron chi connectivity index (χ1n) is 7.34. The minimum absolute atomic E-state index is 0.152. The predicted octanol–water partition coefficient (Wildman–Crippen LogP) is 2.42. The molecule has 1 heterocycles. The molecule has 1 aliphatic rings. The number of aromatic nitrogens is 2. The predicted molar refractivity (Wildman–Crippen MR) is 83.2 cm³/mol. The molecule has 5 nitrogen and oxygen atoms in total. The van der Waals surface area contributed by atoms with Crippen LogP contribution in [0, 0.1) is 0 Å². The van der Waals surface area contributed by atoms with Gasteiger partial charge in [0.05, 0.1) is 13.3 Å². The summed E-state index contributed by atoms with van der Waals surface area (Å²) in [6.45, 7) is 4.12. The fourth-order valence-corrected chi connectivity index (χ4v) is 4.20. The maximum Gasteiger partial charge on any atom is 0.326 e. The molecular weight excluding hydrogens is 286 g/mol. The lowest BCUT2D eigenvalue weighted by molar-refractivity contribution is -0.150. The summed E-state index contributed by atoms with van der Waals surface area (Å²) in [5, 5.41) is 4.70. The van der Waals surface area contributed by atoms with Crippen LogP contribution in [0.25, 0.3) is 0 Å². The molecule has 0 aliphatic heterocycles. The van der Waals surface area contributed by atoms with E-state index in [0.717, 1.165) is 30.7 Å². The van der Waals surface area contributed by atoms with Gasteiger partial charge in [-0.05, 0) is 39.5 Å². The molecule has 0 bridgehead atoms. The molecule has 6 heteroatoms. The van der Waals surface area contributed by atoms with Gasteiger partial charge >= 0.3 is 5.97 Å². The topological polar surface area (TPSA) is 64.1 Å². The Balaban J connectivity index is 2.10. The number of nitrogens with one attached hydrogen (secondary N) is 1. The maximum atomic E-state index is 12.3. The van der Waals surface area contributed by atoms with Crippen molar-refractivity contribution < 1.29 is 9.53 Å². The smallest absolute Gasteiger partial charge is 0.326 e. The van der Waals surface area contributed by atoms with Crippen molar-refractivity contribution in [3.63, 3.8) is 0 Å². The van der Waals surface area contributed by atoms with Gasteiger partial charge < -0.3 is 4.74 Å². The lowest BCUT2D eigenvalue weighted by Gasteiger charge is -2.40. The van der Waals surface area contributed by atoms with Gasteiger partial charge in [0, 0.05) is 23.7 Å². The Morgan fingerprint density at radius 3 is 2.95 bits per heavy atom. The Kier molecular flexibility index (Phi) is 5.58. The zero-order valence-electron chi connectivity index (χ0n) is 12.8. The second kappa shape index (κ2) is 7.22. The van der Waals surface area contributed by atoms with Crippen LogP contribution in [0.1, 0.15) is 39.5 Å². The van der Waals surface area contributed by atoms with Crippen molar-refractivity contribution in [3.8, 4) is 0 Å². The number of ether oxygens (including phenoxy) is 1. The summed E-state index contributed by atoms with van der Waals surface area (Å²) in [6.07, 6.45) is 8.82. The molecule has 1 aromatic rings. The van der Waals surface area contributed by atoms with Crippen LogP contribution >= 0.6 is 11.8 Å². The summed E-state index contributed by atoms with van der Waals surface area (Å²) in [7, 11) is 1.46. The Bertz CT molecular complexity index is 469. The van der Waals surface area contributed by atoms with Crippen molar-refractivity contribution in [2.45, 2.75) is 61.4 Å². The molecule has 0 spiro atoms. The third-order valence-corrected chi connectivity index (χ3v) is 4.86. The molecule has 1 fully saturated rings. The lowest BCUT2D eigenvalue weighted by atomic mass is 9.81. The van der Waals surface area contributed by atoms with Gasteiger partial charge in [0.2, 0.25) is 0 Å². The highest BCUT2D eigenvalue weighted by Crippen LogP contribution is 2.38. The molecule has 116 valence electrons. The van der Waals surface area contributed by atoms with E-state index in [-0.39, 0.29) is 12.0 Å². The fraction of sp³-hybridized carbons (Fsp3) is 0.667. The van der Waals surface area contributed by atoms with Crippen LogP contribution in [0.2, 0.25) is 0 Å². The molecule has 1 saturated carbocycles. The number of hydrogen-bond acceptors (Lipinski definition) is 6. The van der Waals surface area contributed by atoms with Crippen molar-refractivity contribution in [2.75, 3.05) is 7.11 Å². The van der Waals surface area contributed by atoms with E-state index in [9.17, 15) is 4.79 Å². The molecule has 21 heavy (non-hydrogen) atoms. The van der Waals surface area contributed by atoms with E-state index in [1.165, 1.54) is 7.11 Å². The van der Waals surface area contributed by atoms with Gasteiger partial charge in [0.1, 0.15) is 10.6 Å². The summed E-state index contributed by atoms with van der Waals surface area (Å²) in [5.74, 6) is -0.152. The Morgan fingerprint density at radius 2 is 2.33 bits per heavy atom. The monoisotopic (exact) mass is 309 g/mol. The van der Waals surface area contributed by atoms with Crippen molar-refractivity contribution >= 4 is 17.7 Å². The highest BCUT2D eigenvalue weighted by Gasteiger charge is 2.44. The molecule has 0 saturated heterocycles. The largest absolute Gasteiger partial charge is 0.468 e. The fourth-order valence-electron chi connectivity index (χ4n) is 2.97. The summed E-state index contributed by atoms with van der Waals surface area (Å²) >= 11 is 1.70. The molecular formula is C15H23N3O2S. The van der Waals surface area contributed by atoms with E-state index >= 15 is 0 Å². The molecule has 2 unspecified atom stereocenters. The second-order valence-corrected chi connectivity index (χ2v) is 7.07. The maximum absolute atomic E-state index is 12.3. The quantitative estimate of drug-likeness (QED) is 0.843. The van der Waals surface area contributed by atoms with Crippen LogP contribution in [-0.4, -0.2) is 39.9 Å². The number of carbonyl (C=O) groups is 1. The first-order chi connectivity index (χ1) is 10.1. The van der Waals surface area contributed by atoms with Crippen LogP contribution in [0.3, 0.4) is 0 Å². The third-order valence-electron chi connectivity index (χ3n) is 3.67. The van der Waals surface area contributed by atoms with Crippen molar-refractivity contribution in [1.29, 1.82) is 0 Å². The van der Waals surface area contributed by atoms with Gasteiger partial charge in [-0.2, -0.15) is 0 Å². The molecule has 1 aliphatic carbocycles. The normalized spacial score (nSPS) is 25.8. The van der Waals surface area contributed by atoms with E-state index in [0.29, 0.717) is 5.25 Å². The van der Waals surface area contributed by atoms with Gasteiger partial charge in [-0.1, -0.05) is 0 Å². The Hall–Kier alpha value is -1.14. The molecule has 1 aromatic heterocycles. The van der Waals surface area contributed by atoms with Gasteiger partial charge in [0.15, 0.2) is 0 Å². The first kappa shape index (κ1) is 16.2. The van der Waals surface area contributed by atoms with Crippen LogP contribution < -0.4 is 5.32 Å². The third kappa shape index (κ3) is 4.17. The number of carbonyl (C=O) groups excluding carboxylic acids is 1. The average Bonchev–Trinajstić information content (AvgIpc) is 2.47. The van der Waals surface area contributed by atoms with Crippen molar-refractivity contribution in [3.05, 3.63) is 18.6 Å². The highest BCUT2D eigenvalue weighted by atomic mass is 32.2. The van der Waals surface area contributed by atoms with Gasteiger partial charge in [0.25, 0.3) is 0 Å². The van der Waals surface area contributed by atoms with Crippen LogP contribution in [0.5, 0.6) is 0 Å². The summed E-state index contributed by atoms with van der Waals surface area (Å²) in [4.78, 5) is 20.7. The number of methoxy groups -OCH3 is 1. The number of thioether (sulfide) groups is 1. The average molecular weight is 309 g/mol. The van der Waals surface area contributed by atoms with Gasteiger partial charge in [-0.25, -0.2) is 4.98 Å². The summed E-state index contributed by atoms with van der Waals surface area (Å²) in [6, 6.07) is 0.240. The number of hydrogen-bond donors (Lipinski definition) is 1. The Labute approximate surface area is 130 Å².